The van der Waals surface area contributed by atoms with Crippen LogP contribution in [-0.2, 0) is 10.2 Å². The zero-order valence-electron chi connectivity index (χ0n) is 18.6. The Morgan fingerprint density at radius 2 is 1.88 bits per heavy atom. The molecule has 2 aromatic carbocycles. The first-order valence-corrected chi connectivity index (χ1v) is 12.4. The summed E-state index contributed by atoms with van der Waals surface area (Å²) in [5.74, 6) is 0.203. The number of carbonyl (C=O) groups excluding carboxylic acids is 2. The summed E-state index contributed by atoms with van der Waals surface area (Å²) in [4.78, 5) is 27.8. The Morgan fingerprint density at radius 3 is 2.55 bits per heavy atom. The fourth-order valence-electron chi connectivity index (χ4n) is 4.61. The van der Waals surface area contributed by atoms with Crippen LogP contribution in [0.25, 0.3) is 22.2 Å². The molecule has 4 rings (SSSR count). The van der Waals surface area contributed by atoms with E-state index in [0.717, 1.165) is 54.2 Å². The maximum atomic E-state index is 12.5. The SMILES string of the molecule is CNS(=O)(=O)NC(=O)c1ccc2c(C3CCCCC3)c(-c3ccc(OC)cc3C=O)[nH]c2c1. The average Bonchev–Trinajstić information content (AvgIpc) is 3.22. The van der Waals surface area contributed by atoms with E-state index in [1.54, 1.807) is 25.3 Å². The van der Waals surface area contributed by atoms with E-state index in [0.29, 0.717) is 22.7 Å². The predicted octanol–water partition coefficient (Wildman–Crippen LogP) is 3.90. The molecule has 0 bridgehead atoms. The number of hydrogen-bond donors (Lipinski definition) is 3. The van der Waals surface area contributed by atoms with Crippen LogP contribution >= 0.6 is 0 Å². The summed E-state index contributed by atoms with van der Waals surface area (Å²) in [5.41, 5.74) is 4.19. The molecule has 8 nitrogen and oxygen atoms in total. The number of H-pyrrole nitrogens is 1. The number of aromatic amines is 1. The standard InChI is InChI=1S/C24H27N3O5S/c1-25-33(30,31)27-24(29)16-8-10-20-21(13-16)26-23(22(20)15-6-4-3-5-7-15)19-11-9-18(32-2)12-17(19)14-28/h8-15,25-26H,3-7H2,1-2H3,(H,27,29). The summed E-state index contributed by atoms with van der Waals surface area (Å²) in [6, 6.07) is 10.5. The molecule has 0 saturated heterocycles. The minimum absolute atomic E-state index is 0.217. The van der Waals surface area contributed by atoms with Crippen molar-refractivity contribution in [2.24, 2.45) is 0 Å². The molecule has 1 saturated carbocycles. The highest BCUT2D eigenvalue weighted by molar-refractivity contribution is 7.88. The molecule has 3 aromatic rings. The Labute approximate surface area is 192 Å². The Kier molecular flexibility index (Phi) is 6.53. The van der Waals surface area contributed by atoms with Crippen LogP contribution in [0, 0.1) is 0 Å². The van der Waals surface area contributed by atoms with Crippen molar-refractivity contribution >= 4 is 33.3 Å². The van der Waals surface area contributed by atoms with Gasteiger partial charge in [0.1, 0.15) is 5.75 Å². The van der Waals surface area contributed by atoms with Crippen LogP contribution in [0.4, 0.5) is 0 Å². The predicted molar refractivity (Wildman–Crippen MR) is 127 cm³/mol. The Bertz CT molecular complexity index is 1310. The molecule has 174 valence electrons. The normalized spacial score (nSPS) is 14.8. The van der Waals surface area contributed by atoms with E-state index in [1.165, 1.54) is 13.5 Å². The minimum Gasteiger partial charge on any atom is -0.497 e. The second-order valence-corrected chi connectivity index (χ2v) is 9.84. The maximum absolute atomic E-state index is 12.5. The topological polar surface area (TPSA) is 117 Å². The van der Waals surface area contributed by atoms with Gasteiger partial charge in [-0.15, -0.1) is 0 Å². The van der Waals surface area contributed by atoms with Gasteiger partial charge in [-0.2, -0.15) is 8.42 Å². The van der Waals surface area contributed by atoms with Gasteiger partial charge in [0.25, 0.3) is 5.91 Å². The monoisotopic (exact) mass is 469 g/mol. The smallest absolute Gasteiger partial charge is 0.301 e. The summed E-state index contributed by atoms with van der Waals surface area (Å²) in [5, 5.41) is 0.970. The van der Waals surface area contributed by atoms with Gasteiger partial charge in [0.2, 0.25) is 0 Å². The number of methoxy groups -OCH3 is 1. The molecule has 0 spiro atoms. The first-order chi connectivity index (χ1) is 15.9. The van der Waals surface area contributed by atoms with Crippen molar-refractivity contribution in [2.75, 3.05) is 14.2 Å². The van der Waals surface area contributed by atoms with Crippen molar-refractivity contribution in [3.63, 3.8) is 0 Å². The molecule has 1 aliphatic rings. The fraction of sp³-hybridized carbons (Fsp3) is 0.333. The Hall–Kier alpha value is -3.17. The second-order valence-electron chi connectivity index (χ2n) is 8.22. The van der Waals surface area contributed by atoms with Gasteiger partial charge in [-0.1, -0.05) is 25.3 Å². The molecular formula is C24H27N3O5S. The number of rotatable bonds is 7. The number of nitrogens with one attached hydrogen (secondary N) is 3. The molecule has 1 fully saturated rings. The van der Waals surface area contributed by atoms with E-state index in [-0.39, 0.29) is 5.56 Å². The van der Waals surface area contributed by atoms with Crippen molar-refractivity contribution in [2.45, 2.75) is 38.0 Å². The first-order valence-electron chi connectivity index (χ1n) is 10.9. The number of aldehydes is 1. The number of carbonyl (C=O) groups is 2. The van der Waals surface area contributed by atoms with Crippen molar-refractivity contribution in [1.82, 2.24) is 14.4 Å². The third-order valence-corrected chi connectivity index (χ3v) is 7.26. The third kappa shape index (κ3) is 4.65. The number of ether oxygens (including phenoxy) is 1. The van der Waals surface area contributed by atoms with Crippen LogP contribution in [-0.4, -0.2) is 39.8 Å². The average molecular weight is 470 g/mol. The lowest BCUT2D eigenvalue weighted by molar-refractivity contribution is 0.0980. The molecule has 3 N–H and O–H groups in total. The minimum atomic E-state index is -3.91. The van der Waals surface area contributed by atoms with Crippen LogP contribution in [0.15, 0.2) is 36.4 Å². The number of hydrogen-bond acceptors (Lipinski definition) is 5. The molecule has 9 heteroatoms. The zero-order chi connectivity index (χ0) is 23.6. The molecule has 33 heavy (non-hydrogen) atoms. The van der Waals surface area contributed by atoms with Crippen molar-refractivity contribution in [3.05, 3.63) is 53.1 Å². The summed E-state index contributed by atoms with van der Waals surface area (Å²) in [7, 11) is -1.12. The van der Waals surface area contributed by atoms with Crippen LogP contribution < -0.4 is 14.2 Å². The number of fused-ring (bicyclic) bond motifs is 1. The number of amides is 1. The molecular weight excluding hydrogens is 442 g/mol. The second kappa shape index (κ2) is 9.36. The fourth-order valence-corrected chi connectivity index (χ4v) is 5.08. The molecule has 1 heterocycles. The lowest BCUT2D eigenvalue weighted by atomic mass is 9.81. The van der Waals surface area contributed by atoms with E-state index in [2.05, 4.69) is 9.71 Å². The van der Waals surface area contributed by atoms with E-state index >= 15 is 0 Å². The lowest BCUT2D eigenvalue weighted by Crippen LogP contribution is -2.38. The van der Waals surface area contributed by atoms with Gasteiger partial charge in [0, 0.05) is 34.6 Å². The van der Waals surface area contributed by atoms with E-state index in [4.69, 9.17) is 4.74 Å². The van der Waals surface area contributed by atoms with Gasteiger partial charge < -0.3 is 9.72 Å². The quantitative estimate of drug-likeness (QED) is 0.454. The molecule has 1 aliphatic carbocycles. The van der Waals surface area contributed by atoms with Gasteiger partial charge in [0.15, 0.2) is 6.29 Å². The Balaban J connectivity index is 1.87. The van der Waals surface area contributed by atoms with Crippen molar-refractivity contribution in [1.29, 1.82) is 0 Å². The van der Waals surface area contributed by atoms with Crippen LogP contribution in [0.1, 0.15) is 64.3 Å². The van der Waals surface area contributed by atoms with Crippen LogP contribution in [0.5, 0.6) is 5.75 Å². The molecule has 0 unspecified atom stereocenters. The summed E-state index contributed by atoms with van der Waals surface area (Å²) in [6.45, 7) is 0. The van der Waals surface area contributed by atoms with E-state index < -0.39 is 16.1 Å². The lowest BCUT2D eigenvalue weighted by Gasteiger charge is -2.23. The highest BCUT2D eigenvalue weighted by Crippen LogP contribution is 2.43. The molecule has 1 amide bonds. The van der Waals surface area contributed by atoms with Gasteiger partial charge >= 0.3 is 10.2 Å². The van der Waals surface area contributed by atoms with Gasteiger partial charge in [0.05, 0.1) is 12.8 Å². The van der Waals surface area contributed by atoms with Crippen molar-refractivity contribution in [3.8, 4) is 17.0 Å². The Morgan fingerprint density at radius 1 is 1.12 bits per heavy atom. The molecule has 0 atom stereocenters. The van der Waals surface area contributed by atoms with Crippen LogP contribution in [0.3, 0.4) is 0 Å². The maximum Gasteiger partial charge on any atom is 0.301 e. The number of aromatic nitrogens is 1. The van der Waals surface area contributed by atoms with Gasteiger partial charge in [-0.3, -0.25) is 9.59 Å². The summed E-state index contributed by atoms with van der Waals surface area (Å²) in [6.07, 6.45) is 6.41. The van der Waals surface area contributed by atoms with Gasteiger partial charge in [-0.05, 0) is 54.7 Å². The summed E-state index contributed by atoms with van der Waals surface area (Å²) < 4.78 is 32.8. The molecule has 1 aromatic heterocycles. The summed E-state index contributed by atoms with van der Waals surface area (Å²) >= 11 is 0. The largest absolute Gasteiger partial charge is 0.497 e. The highest BCUT2D eigenvalue weighted by Gasteiger charge is 2.25. The molecule has 0 aliphatic heterocycles. The van der Waals surface area contributed by atoms with Gasteiger partial charge in [-0.25, -0.2) is 9.44 Å². The first kappa shape index (κ1) is 23.0. The zero-order valence-corrected chi connectivity index (χ0v) is 19.4. The molecule has 0 radical (unpaired) electrons. The number of benzene rings is 2. The van der Waals surface area contributed by atoms with E-state index in [1.807, 2.05) is 22.9 Å². The van der Waals surface area contributed by atoms with Crippen molar-refractivity contribution < 1.29 is 22.7 Å². The van der Waals surface area contributed by atoms with Crippen LogP contribution in [0.2, 0.25) is 0 Å². The third-order valence-electron chi connectivity index (χ3n) is 6.27. The highest BCUT2D eigenvalue weighted by atomic mass is 32.2. The van der Waals surface area contributed by atoms with E-state index in [9.17, 15) is 18.0 Å².